The topological polar surface area (TPSA) is 73.1 Å². The second-order valence-electron chi connectivity index (χ2n) is 4.26. The second kappa shape index (κ2) is 5.56. The minimum absolute atomic E-state index is 0.0418. The highest BCUT2D eigenvalue weighted by Gasteiger charge is 2.24. The van der Waals surface area contributed by atoms with Gasteiger partial charge in [0.2, 0.25) is 0 Å². The summed E-state index contributed by atoms with van der Waals surface area (Å²) in [5.41, 5.74) is 0.513. The van der Waals surface area contributed by atoms with E-state index in [1.165, 1.54) is 18.7 Å². The van der Waals surface area contributed by atoms with E-state index in [0.717, 1.165) is 13.1 Å². The van der Waals surface area contributed by atoms with Gasteiger partial charge in [0.1, 0.15) is 6.33 Å². The van der Waals surface area contributed by atoms with Gasteiger partial charge in [-0.1, -0.05) is 0 Å². The van der Waals surface area contributed by atoms with Crippen molar-refractivity contribution in [1.82, 2.24) is 19.8 Å². The Kier molecular flexibility index (Phi) is 3.85. The first-order chi connectivity index (χ1) is 8.72. The molecular weight excluding hydrogens is 230 g/mol. The van der Waals surface area contributed by atoms with Crippen molar-refractivity contribution in [3.63, 3.8) is 0 Å². The molecule has 1 aliphatic heterocycles. The fraction of sp³-hybridized carbons (Fsp3) is 0.500. The molecule has 94 valence electrons. The Balaban J connectivity index is 1.95. The molecule has 18 heavy (non-hydrogen) atoms. The van der Waals surface area contributed by atoms with E-state index in [2.05, 4.69) is 20.9 Å². The van der Waals surface area contributed by atoms with Crippen molar-refractivity contribution in [2.24, 2.45) is 0 Å². The van der Waals surface area contributed by atoms with Gasteiger partial charge in [-0.3, -0.25) is 9.69 Å². The number of hydrogen-bond acceptors (Lipinski definition) is 5. The fourth-order valence-corrected chi connectivity index (χ4v) is 1.99. The monoisotopic (exact) mass is 245 g/mol. The van der Waals surface area contributed by atoms with Crippen molar-refractivity contribution in [2.45, 2.75) is 13.0 Å². The summed E-state index contributed by atoms with van der Waals surface area (Å²) >= 11 is 0. The molecule has 0 radical (unpaired) electrons. The second-order valence-corrected chi connectivity index (χ2v) is 4.26. The van der Waals surface area contributed by atoms with Crippen LogP contribution in [0.2, 0.25) is 0 Å². The molecule has 1 unspecified atom stereocenters. The molecule has 0 spiro atoms. The van der Waals surface area contributed by atoms with E-state index in [0.29, 0.717) is 18.7 Å². The quantitative estimate of drug-likeness (QED) is 0.741. The summed E-state index contributed by atoms with van der Waals surface area (Å²) in [5.74, 6) is -0.0418. The van der Waals surface area contributed by atoms with Gasteiger partial charge in [-0.25, -0.2) is 9.97 Å². The molecule has 1 aromatic heterocycles. The van der Waals surface area contributed by atoms with Crippen LogP contribution in [-0.2, 0) is 0 Å². The van der Waals surface area contributed by atoms with Crippen molar-refractivity contribution < 1.29 is 4.79 Å². The van der Waals surface area contributed by atoms with Crippen LogP contribution in [0.3, 0.4) is 0 Å². The van der Waals surface area contributed by atoms with Gasteiger partial charge in [0.05, 0.1) is 17.7 Å². The average molecular weight is 245 g/mol. The Morgan fingerprint density at radius 1 is 1.33 bits per heavy atom. The molecular formula is C12H15N5O. The van der Waals surface area contributed by atoms with E-state index in [4.69, 9.17) is 5.26 Å². The SMILES string of the molecule is CC(C#N)N1CCN(C(=O)c2cncnc2)CC1. The normalized spacial score (nSPS) is 18.1. The van der Waals surface area contributed by atoms with E-state index in [9.17, 15) is 4.79 Å². The number of carbonyl (C=O) groups is 1. The van der Waals surface area contributed by atoms with Gasteiger partial charge in [0.15, 0.2) is 0 Å². The summed E-state index contributed by atoms with van der Waals surface area (Å²) < 4.78 is 0. The Morgan fingerprint density at radius 3 is 2.50 bits per heavy atom. The summed E-state index contributed by atoms with van der Waals surface area (Å²) in [6, 6.07) is 2.12. The van der Waals surface area contributed by atoms with Gasteiger partial charge in [-0.15, -0.1) is 0 Å². The van der Waals surface area contributed by atoms with Crippen molar-refractivity contribution >= 4 is 5.91 Å². The first-order valence-corrected chi connectivity index (χ1v) is 5.90. The van der Waals surface area contributed by atoms with Gasteiger partial charge in [-0.2, -0.15) is 5.26 Å². The molecule has 1 aliphatic rings. The zero-order chi connectivity index (χ0) is 13.0. The fourth-order valence-electron chi connectivity index (χ4n) is 1.99. The smallest absolute Gasteiger partial charge is 0.257 e. The third-order valence-corrected chi connectivity index (χ3v) is 3.14. The minimum atomic E-state index is -0.0951. The number of aromatic nitrogens is 2. The Bertz CT molecular complexity index is 447. The molecule has 1 aromatic rings. The van der Waals surface area contributed by atoms with E-state index in [-0.39, 0.29) is 11.9 Å². The van der Waals surface area contributed by atoms with Crippen LogP contribution >= 0.6 is 0 Å². The number of nitriles is 1. The third kappa shape index (κ3) is 2.63. The zero-order valence-electron chi connectivity index (χ0n) is 10.3. The number of carbonyl (C=O) groups excluding carboxylic acids is 1. The molecule has 6 heteroatoms. The maximum absolute atomic E-state index is 12.1. The lowest BCUT2D eigenvalue weighted by Gasteiger charge is -2.35. The van der Waals surface area contributed by atoms with Crippen molar-refractivity contribution in [3.05, 3.63) is 24.3 Å². The van der Waals surface area contributed by atoms with E-state index in [1.807, 2.05) is 6.92 Å². The van der Waals surface area contributed by atoms with Gasteiger partial charge in [-0.05, 0) is 6.92 Å². The van der Waals surface area contributed by atoms with Gasteiger partial charge >= 0.3 is 0 Å². The van der Waals surface area contributed by atoms with Crippen LogP contribution in [0.1, 0.15) is 17.3 Å². The van der Waals surface area contributed by atoms with E-state index >= 15 is 0 Å². The number of nitrogens with zero attached hydrogens (tertiary/aromatic N) is 5. The molecule has 0 N–H and O–H groups in total. The van der Waals surface area contributed by atoms with Crippen LogP contribution < -0.4 is 0 Å². The standard InChI is InChI=1S/C12H15N5O/c1-10(6-13)16-2-4-17(5-3-16)12(18)11-7-14-9-15-8-11/h7-10H,2-5H2,1H3. The van der Waals surface area contributed by atoms with Gasteiger partial charge in [0, 0.05) is 38.6 Å². The maximum Gasteiger partial charge on any atom is 0.257 e. The van der Waals surface area contributed by atoms with Crippen LogP contribution in [0.25, 0.3) is 0 Å². The first kappa shape index (κ1) is 12.5. The molecule has 0 saturated carbocycles. The van der Waals surface area contributed by atoms with E-state index in [1.54, 1.807) is 4.90 Å². The lowest BCUT2D eigenvalue weighted by molar-refractivity contribution is 0.0615. The first-order valence-electron chi connectivity index (χ1n) is 5.90. The van der Waals surface area contributed by atoms with Crippen LogP contribution in [0, 0.1) is 11.3 Å². The molecule has 1 saturated heterocycles. The van der Waals surface area contributed by atoms with Gasteiger partial charge < -0.3 is 4.90 Å². The summed E-state index contributed by atoms with van der Waals surface area (Å²) in [5, 5.41) is 8.85. The molecule has 0 bridgehead atoms. The average Bonchev–Trinajstić information content (AvgIpc) is 2.47. The summed E-state index contributed by atoms with van der Waals surface area (Å²) in [7, 11) is 0. The number of piperazine rings is 1. The van der Waals surface area contributed by atoms with Crippen LogP contribution in [-0.4, -0.2) is 57.9 Å². The summed E-state index contributed by atoms with van der Waals surface area (Å²) in [6.45, 7) is 4.62. The molecule has 6 nitrogen and oxygen atoms in total. The Labute approximate surface area is 106 Å². The molecule has 2 rings (SSSR count). The minimum Gasteiger partial charge on any atom is -0.336 e. The largest absolute Gasteiger partial charge is 0.336 e. The van der Waals surface area contributed by atoms with Crippen LogP contribution in [0.4, 0.5) is 0 Å². The van der Waals surface area contributed by atoms with Crippen LogP contribution in [0.5, 0.6) is 0 Å². The summed E-state index contributed by atoms with van der Waals surface area (Å²) in [4.78, 5) is 23.6. The Morgan fingerprint density at radius 2 is 1.94 bits per heavy atom. The van der Waals surface area contributed by atoms with Gasteiger partial charge in [0.25, 0.3) is 5.91 Å². The molecule has 0 aromatic carbocycles. The predicted octanol–water partition coefficient (Wildman–Crippen LogP) is 0.146. The van der Waals surface area contributed by atoms with E-state index < -0.39 is 0 Å². The lowest BCUT2D eigenvalue weighted by atomic mass is 10.2. The number of hydrogen-bond donors (Lipinski definition) is 0. The number of rotatable bonds is 2. The molecule has 1 fully saturated rings. The zero-order valence-corrected chi connectivity index (χ0v) is 10.3. The third-order valence-electron chi connectivity index (χ3n) is 3.14. The highest BCUT2D eigenvalue weighted by Crippen LogP contribution is 2.09. The maximum atomic E-state index is 12.1. The van der Waals surface area contributed by atoms with Crippen molar-refractivity contribution in [3.8, 4) is 6.07 Å². The highest BCUT2D eigenvalue weighted by atomic mass is 16.2. The van der Waals surface area contributed by atoms with Crippen molar-refractivity contribution in [2.75, 3.05) is 26.2 Å². The Hall–Kier alpha value is -2.00. The predicted molar refractivity (Wildman–Crippen MR) is 64.6 cm³/mol. The molecule has 2 heterocycles. The number of amides is 1. The van der Waals surface area contributed by atoms with Crippen LogP contribution in [0.15, 0.2) is 18.7 Å². The van der Waals surface area contributed by atoms with Crippen molar-refractivity contribution in [1.29, 1.82) is 5.26 Å². The summed E-state index contributed by atoms with van der Waals surface area (Å²) in [6.07, 6.45) is 4.46. The lowest BCUT2D eigenvalue weighted by Crippen LogP contribution is -2.51. The molecule has 1 atom stereocenters. The molecule has 0 aliphatic carbocycles. The molecule has 1 amide bonds. The highest BCUT2D eigenvalue weighted by molar-refractivity contribution is 5.93.